The summed E-state index contributed by atoms with van der Waals surface area (Å²) < 4.78 is 14.9. The van der Waals surface area contributed by atoms with Crippen LogP contribution in [0.4, 0.5) is 0 Å². The molecule has 0 atom stereocenters. The average Bonchev–Trinajstić information content (AvgIpc) is 2.06. The molecule has 0 aliphatic carbocycles. The van der Waals surface area contributed by atoms with Gasteiger partial charge >= 0.3 is 19.5 Å². The molecule has 3 nitrogen and oxygen atoms in total. The quantitative estimate of drug-likeness (QED) is 0.333. The molecule has 0 N–H and O–H groups in total. The Kier molecular flexibility index (Phi) is 6.82. The molecule has 0 aromatic rings. The van der Waals surface area contributed by atoms with Crippen molar-refractivity contribution in [2.45, 2.75) is 0 Å². The second kappa shape index (κ2) is 7.04. The standard InChI is InChI=1S/C8H16NO.B2O/c1-3-4-9(2)5-7-10-8-6-9;1-2-3/h3H,1,4-8H2,2H3;/q+1;. The zero-order valence-electron chi connectivity index (χ0n) is 8.24. The zero-order chi connectivity index (χ0) is 10.2. The van der Waals surface area contributed by atoms with Crippen LogP contribution in [0.15, 0.2) is 12.7 Å². The maximum absolute atomic E-state index is 8.58. The van der Waals surface area contributed by atoms with Gasteiger partial charge in [0.2, 0.25) is 0 Å². The molecule has 0 aromatic carbocycles. The van der Waals surface area contributed by atoms with Crippen LogP contribution in [-0.4, -0.2) is 59.2 Å². The molecule has 13 heavy (non-hydrogen) atoms. The van der Waals surface area contributed by atoms with Crippen LogP contribution < -0.4 is 0 Å². The molecule has 1 heterocycles. The molecule has 0 spiro atoms. The molecule has 1 aliphatic heterocycles. The fourth-order valence-corrected chi connectivity index (χ4v) is 1.28. The van der Waals surface area contributed by atoms with Crippen molar-refractivity contribution in [3.63, 3.8) is 0 Å². The van der Waals surface area contributed by atoms with Gasteiger partial charge < -0.3 is 9.22 Å². The Labute approximate surface area is 82.0 Å². The zero-order valence-corrected chi connectivity index (χ0v) is 8.24. The minimum atomic E-state index is 0.250. The number of likely N-dealkylation sites (N-methyl/N-ethyl adjacent to an activating group) is 1. The summed E-state index contributed by atoms with van der Waals surface area (Å²) in [5, 5.41) is 0. The first-order chi connectivity index (χ1) is 6.18. The minimum absolute atomic E-state index is 0.250. The first kappa shape index (κ1) is 12.6. The number of quaternary nitrogens is 1. The molecular formula is C8H16B2NO2+. The topological polar surface area (TPSA) is 26.3 Å². The third kappa shape index (κ3) is 5.77. The van der Waals surface area contributed by atoms with Gasteiger partial charge in [-0.15, -0.1) is 0 Å². The molecule has 1 saturated heterocycles. The summed E-state index contributed by atoms with van der Waals surface area (Å²) in [4.78, 5) is 0. The van der Waals surface area contributed by atoms with E-state index in [0.717, 1.165) is 37.3 Å². The summed E-state index contributed by atoms with van der Waals surface area (Å²) in [5.41, 5.74) is 0. The third-order valence-corrected chi connectivity index (χ3v) is 2.12. The normalized spacial score (nSPS) is 19.2. The van der Waals surface area contributed by atoms with Gasteiger partial charge in [0.15, 0.2) is 0 Å². The van der Waals surface area contributed by atoms with Gasteiger partial charge in [-0.3, -0.25) is 0 Å². The van der Waals surface area contributed by atoms with Crippen molar-refractivity contribution in [1.29, 1.82) is 0 Å². The first-order valence-corrected chi connectivity index (χ1v) is 4.36. The predicted molar refractivity (Wildman–Crippen MR) is 54.0 cm³/mol. The monoisotopic (exact) mass is 180 g/mol. The fourth-order valence-electron chi connectivity index (χ4n) is 1.28. The van der Waals surface area contributed by atoms with Crippen LogP contribution >= 0.6 is 0 Å². The molecule has 5 heteroatoms. The van der Waals surface area contributed by atoms with Gasteiger partial charge in [-0.1, -0.05) is 6.58 Å². The van der Waals surface area contributed by atoms with Gasteiger partial charge in [-0.25, -0.2) is 0 Å². The van der Waals surface area contributed by atoms with Gasteiger partial charge in [-0.05, 0) is 6.08 Å². The van der Waals surface area contributed by atoms with Gasteiger partial charge in [-0.2, -0.15) is 0 Å². The van der Waals surface area contributed by atoms with Crippen LogP contribution in [-0.2, 0) is 9.44 Å². The summed E-state index contributed by atoms with van der Waals surface area (Å²) in [7, 11) is 6.67. The van der Waals surface area contributed by atoms with Crippen LogP contribution in [0.1, 0.15) is 0 Å². The average molecular weight is 180 g/mol. The van der Waals surface area contributed by atoms with Crippen LogP contribution in [0.2, 0.25) is 0 Å². The van der Waals surface area contributed by atoms with Crippen molar-refractivity contribution >= 4 is 14.8 Å². The van der Waals surface area contributed by atoms with Crippen LogP contribution in [0.25, 0.3) is 0 Å². The van der Waals surface area contributed by atoms with Gasteiger partial charge in [0.05, 0.1) is 26.8 Å². The number of hydrogen-bond acceptors (Lipinski definition) is 2. The van der Waals surface area contributed by atoms with Crippen molar-refractivity contribution in [1.82, 2.24) is 0 Å². The summed E-state index contributed by atoms with van der Waals surface area (Å²) in [6.45, 7) is 8.89. The SMILES string of the molecule is C=CC[N+]1(C)CCOCC1.[B]B=O. The van der Waals surface area contributed by atoms with Gasteiger partial charge in [0.25, 0.3) is 0 Å². The summed E-state index contributed by atoms with van der Waals surface area (Å²) in [5.74, 6) is 0. The maximum atomic E-state index is 8.58. The molecule has 0 aromatic heterocycles. The van der Waals surface area contributed by atoms with Crippen molar-refractivity contribution in [2.75, 3.05) is 39.9 Å². The number of ether oxygens (including phenoxy) is 1. The molecule has 1 aliphatic rings. The van der Waals surface area contributed by atoms with Crippen LogP contribution in [0.5, 0.6) is 0 Å². The summed E-state index contributed by atoms with van der Waals surface area (Å²) in [6.07, 6.45) is 1.99. The van der Waals surface area contributed by atoms with Crippen molar-refractivity contribution in [3.8, 4) is 0 Å². The van der Waals surface area contributed by atoms with E-state index in [9.17, 15) is 0 Å². The molecule has 0 saturated carbocycles. The second-order valence-corrected chi connectivity index (χ2v) is 3.29. The Bertz CT molecular complexity index is 158. The summed E-state index contributed by atoms with van der Waals surface area (Å²) in [6, 6.07) is 0. The van der Waals surface area contributed by atoms with E-state index in [4.69, 9.17) is 9.44 Å². The Balaban J connectivity index is 0.000000424. The Morgan fingerprint density at radius 3 is 2.46 bits per heavy atom. The van der Waals surface area contributed by atoms with E-state index in [0.29, 0.717) is 0 Å². The van der Waals surface area contributed by atoms with E-state index in [1.165, 1.54) is 0 Å². The molecule has 0 amide bonds. The van der Waals surface area contributed by atoms with E-state index >= 15 is 0 Å². The Morgan fingerprint density at radius 2 is 2.08 bits per heavy atom. The van der Waals surface area contributed by atoms with E-state index in [1.807, 2.05) is 6.08 Å². The van der Waals surface area contributed by atoms with Crippen LogP contribution in [0.3, 0.4) is 0 Å². The van der Waals surface area contributed by atoms with Gasteiger partial charge in [0, 0.05) is 0 Å². The number of hydrogen-bond donors (Lipinski definition) is 0. The molecule has 70 valence electrons. The summed E-state index contributed by atoms with van der Waals surface area (Å²) >= 11 is 0. The fraction of sp³-hybridized carbons (Fsp3) is 0.750. The van der Waals surface area contributed by atoms with E-state index < -0.39 is 0 Å². The predicted octanol–water partition coefficient (Wildman–Crippen LogP) is -0.231. The molecule has 1 rings (SSSR count). The molecule has 2 radical (unpaired) electrons. The van der Waals surface area contributed by atoms with E-state index in [1.54, 1.807) is 0 Å². The Morgan fingerprint density at radius 1 is 1.62 bits per heavy atom. The second-order valence-electron chi connectivity index (χ2n) is 3.29. The first-order valence-electron chi connectivity index (χ1n) is 4.36. The van der Waals surface area contributed by atoms with E-state index in [2.05, 4.69) is 21.4 Å². The van der Waals surface area contributed by atoms with Crippen molar-refractivity contribution < 1.29 is 13.9 Å². The van der Waals surface area contributed by atoms with E-state index in [-0.39, 0.29) is 7.04 Å². The van der Waals surface area contributed by atoms with Crippen molar-refractivity contribution in [3.05, 3.63) is 12.7 Å². The van der Waals surface area contributed by atoms with Gasteiger partial charge in [0.1, 0.15) is 13.1 Å². The molecule has 1 fully saturated rings. The molecular weight excluding hydrogens is 164 g/mol. The Hall–Kier alpha value is -0.410. The number of nitrogens with zero attached hydrogens (tertiary/aromatic N) is 1. The molecule has 0 unspecified atom stereocenters. The number of morpholine rings is 1. The third-order valence-electron chi connectivity index (χ3n) is 2.12. The number of rotatable bonds is 2. The van der Waals surface area contributed by atoms with Crippen LogP contribution in [0, 0.1) is 0 Å². The molecule has 0 bridgehead atoms. The van der Waals surface area contributed by atoms with Crippen molar-refractivity contribution in [2.24, 2.45) is 0 Å².